The van der Waals surface area contributed by atoms with Crippen LogP contribution in [-0.2, 0) is 4.79 Å². The highest BCUT2D eigenvalue weighted by Crippen LogP contribution is 2.37. The monoisotopic (exact) mass is 433 g/mol. The van der Waals surface area contributed by atoms with Crippen molar-refractivity contribution in [3.8, 4) is 16.9 Å². The molecule has 1 aliphatic carbocycles. The molecule has 8 heteroatoms. The molecule has 1 saturated carbocycles. The molecule has 0 aliphatic heterocycles. The number of ether oxygens (including phenoxy) is 1. The van der Waals surface area contributed by atoms with Crippen LogP contribution in [0.5, 0.6) is 5.75 Å². The number of hydrogen-bond acceptors (Lipinski definition) is 6. The van der Waals surface area contributed by atoms with Gasteiger partial charge in [-0.2, -0.15) is 0 Å². The summed E-state index contributed by atoms with van der Waals surface area (Å²) in [5, 5.41) is 9.91. The first-order valence-electron chi connectivity index (χ1n) is 9.38. The number of hydrogen-bond donors (Lipinski definition) is 4. The third-order valence-electron chi connectivity index (χ3n) is 4.89. The predicted octanol–water partition coefficient (Wildman–Crippen LogP) is 4.34. The number of benzene rings is 2. The fraction of sp³-hybridized carbons (Fsp3) is 0.286. The zero-order valence-electron chi connectivity index (χ0n) is 15.9. The van der Waals surface area contributed by atoms with Gasteiger partial charge in [-0.1, -0.05) is 48.3 Å². The van der Waals surface area contributed by atoms with E-state index in [1.165, 1.54) is 25.7 Å². The van der Waals surface area contributed by atoms with E-state index in [0.29, 0.717) is 17.5 Å². The van der Waals surface area contributed by atoms with Gasteiger partial charge >= 0.3 is 5.97 Å². The number of nitrogens with two attached hydrogens (primary N) is 2. The number of halogens is 1. The van der Waals surface area contributed by atoms with E-state index in [1.54, 1.807) is 0 Å². The zero-order chi connectivity index (χ0) is 20.8. The van der Waals surface area contributed by atoms with Gasteiger partial charge in [-0.25, -0.2) is 4.79 Å². The smallest absolute Gasteiger partial charge is 0.356 e. The largest absolute Gasteiger partial charge is 0.493 e. The van der Waals surface area contributed by atoms with Crippen molar-refractivity contribution in [3.05, 3.63) is 58.2 Å². The van der Waals surface area contributed by atoms with Crippen molar-refractivity contribution in [2.75, 3.05) is 6.61 Å². The summed E-state index contributed by atoms with van der Waals surface area (Å²) in [6, 6.07) is 13.3. The molecule has 0 unspecified atom stereocenters. The number of carbonyl (C=O) groups is 1. The molecule has 0 bridgehead atoms. The van der Waals surface area contributed by atoms with Crippen molar-refractivity contribution in [1.29, 1.82) is 0 Å². The predicted molar refractivity (Wildman–Crippen MR) is 116 cm³/mol. The Labute approximate surface area is 179 Å². The molecule has 6 nitrogen and oxygen atoms in total. The molecule has 0 saturated heterocycles. The topological polar surface area (TPSA) is 111 Å². The van der Waals surface area contributed by atoms with Gasteiger partial charge in [0.15, 0.2) is 5.70 Å². The van der Waals surface area contributed by atoms with E-state index < -0.39 is 5.97 Å². The molecule has 6 N–H and O–H groups in total. The van der Waals surface area contributed by atoms with Gasteiger partial charge < -0.3 is 21.0 Å². The summed E-state index contributed by atoms with van der Waals surface area (Å²) in [5.74, 6) is 5.35. The third-order valence-corrected chi connectivity index (χ3v) is 6.06. The fourth-order valence-corrected chi connectivity index (χ4v) is 4.28. The maximum atomic E-state index is 11.2. The van der Waals surface area contributed by atoms with Gasteiger partial charge in [-0.15, -0.1) is 0 Å². The number of carboxylic acids is 1. The van der Waals surface area contributed by atoms with Crippen LogP contribution in [-0.4, -0.2) is 17.7 Å². The molecule has 0 heterocycles. The van der Waals surface area contributed by atoms with Crippen molar-refractivity contribution in [3.63, 3.8) is 0 Å². The minimum absolute atomic E-state index is 0.0704. The highest BCUT2D eigenvalue weighted by Gasteiger charge is 2.18. The van der Waals surface area contributed by atoms with Gasteiger partial charge in [-0.3, -0.25) is 5.84 Å². The van der Waals surface area contributed by atoms with Crippen molar-refractivity contribution in [2.24, 2.45) is 17.5 Å². The summed E-state index contributed by atoms with van der Waals surface area (Å²) in [6.45, 7) is 0.658. The summed E-state index contributed by atoms with van der Waals surface area (Å²) in [7, 11) is 0. The summed E-state index contributed by atoms with van der Waals surface area (Å²) in [6.07, 6.45) is 4.87. The van der Waals surface area contributed by atoms with Crippen LogP contribution in [0.1, 0.15) is 25.7 Å². The summed E-state index contributed by atoms with van der Waals surface area (Å²) in [5.41, 5.74) is 9.74. The van der Waals surface area contributed by atoms with Crippen molar-refractivity contribution in [1.82, 2.24) is 5.43 Å². The average molecular weight is 434 g/mol. The van der Waals surface area contributed by atoms with E-state index in [1.807, 2.05) is 42.5 Å². The standard InChI is InChI=1S/C21H24ClN3O3S/c22-15-7-5-14(6-8-15)17-10-9-16(29-20(23)19(25-24)21(26)27)11-18(17)28-12-13-3-1-2-4-13/h5-11,13,25H,1-4,12,23-24H2,(H,26,27)/b20-19+. The first kappa shape index (κ1) is 21.4. The third kappa shape index (κ3) is 5.59. The quantitative estimate of drug-likeness (QED) is 0.212. The van der Waals surface area contributed by atoms with Gasteiger partial charge in [0, 0.05) is 15.5 Å². The Hall–Kier alpha value is -2.35. The van der Waals surface area contributed by atoms with Gasteiger partial charge in [0.2, 0.25) is 0 Å². The molecule has 0 amide bonds. The number of nitrogens with one attached hydrogen (secondary N) is 1. The zero-order valence-corrected chi connectivity index (χ0v) is 17.4. The lowest BCUT2D eigenvalue weighted by Gasteiger charge is -2.16. The van der Waals surface area contributed by atoms with E-state index >= 15 is 0 Å². The normalized spacial score (nSPS) is 15.1. The number of hydrazine groups is 1. The van der Waals surface area contributed by atoms with Crippen LogP contribution in [0.15, 0.2) is 58.1 Å². The Morgan fingerprint density at radius 2 is 1.90 bits per heavy atom. The van der Waals surface area contributed by atoms with Gasteiger partial charge in [0.25, 0.3) is 0 Å². The molecule has 2 aromatic carbocycles. The second kappa shape index (κ2) is 9.91. The van der Waals surface area contributed by atoms with Crippen LogP contribution < -0.4 is 21.7 Å². The van der Waals surface area contributed by atoms with Gasteiger partial charge in [-0.05, 0) is 54.7 Å². The Morgan fingerprint density at radius 3 is 2.52 bits per heavy atom. The van der Waals surface area contributed by atoms with E-state index in [2.05, 4.69) is 5.43 Å². The minimum Gasteiger partial charge on any atom is -0.493 e. The lowest BCUT2D eigenvalue weighted by molar-refractivity contribution is -0.133. The van der Waals surface area contributed by atoms with Crippen molar-refractivity contribution in [2.45, 2.75) is 30.6 Å². The Morgan fingerprint density at radius 1 is 1.21 bits per heavy atom. The van der Waals surface area contributed by atoms with Gasteiger partial charge in [0.1, 0.15) is 10.8 Å². The summed E-state index contributed by atoms with van der Waals surface area (Å²) >= 11 is 7.14. The molecular weight excluding hydrogens is 410 g/mol. The molecule has 0 spiro atoms. The molecule has 0 aromatic heterocycles. The minimum atomic E-state index is -1.21. The number of rotatable bonds is 8. The number of carboxylic acid groups (broad SMARTS) is 1. The van der Waals surface area contributed by atoms with Crippen LogP contribution >= 0.6 is 23.4 Å². The first-order valence-corrected chi connectivity index (χ1v) is 10.6. The fourth-order valence-electron chi connectivity index (χ4n) is 3.35. The van der Waals surface area contributed by atoms with E-state index in [-0.39, 0.29) is 10.7 Å². The molecule has 154 valence electrons. The molecule has 2 aromatic rings. The molecular formula is C21H24ClN3O3S. The first-order chi connectivity index (χ1) is 14.0. The lowest BCUT2D eigenvalue weighted by atomic mass is 10.0. The van der Waals surface area contributed by atoms with Crippen LogP contribution in [0.25, 0.3) is 11.1 Å². The maximum Gasteiger partial charge on any atom is 0.356 e. The van der Waals surface area contributed by atoms with E-state index in [4.69, 9.17) is 33.0 Å². The molecule has 1 fully saturated rings. The molecule has 3 rings (SSSR count). The van der Waals surface area contributed by atoms with Crippen molar-refractivity contribution < 1.29 is 14.6 Å². The Balaban J connectivity index is 1.90. The van der Waals surface area contributed by atoms with Gasteiger partial charge in [0.05, 0.1) is 6.61 Å². The van der Waals surface area contributed by atoms with Crippen molar-refractivity contribution >= 4 is 29.3 Å². The lowest BCUT2D eigenvalue weighted by Crippen LogP contribution is -2.29. The maximum absolute atomic E-state index is 11.2. The van der Waals surface area contributed by atoms with E-state index in [9.17, 15) is 4.79 Å². The molecule has 1 aliphatic rings. The molecule has 0 radical (unpaired) electrons. The van der Waals surface area contributed by atoms with E-state index in [0.717, 1.165) is 33.5 Å². The Bertz CT molecular complexity index is 897. The SMILES string of the molecule is NN/C(C(=O)O)=C(\N)Sc1ccc(-c2ccc(Cl)cc2)c(OCC2CCCC2)c1. The van der Waals surface area contributed by atoms with Crippen LogP contribution in [0.4, 0.5) is 0 Å². The molecule has 29 heavy (non-hydrogen) atoms. The summed E-state index contributed by atoms with van der Waals surface area (Å²) < 4.78 is 6.20. The second-order valence-corrected chi connectivity index (χ2v) is 8.47. The second-order valence-electron chi connectivity index (χ2n) is 6.92. The van der Waals surface area contributed by atoms with Crippen LogP contribution in [0, 0.1) is 5.92 Å². The van der Waals surface area contributed by atoms with Crippen LogP contribution in [0.2, 0.25) is 5.02 Å². The Kier molecular flexibility index (Phi) is 7.30. The van der Waals surface area contributed by atoms with Crippen LogP contribution in [0.3, 0.4) is 0 Å². The number of thioether (sulfide) groups is 1. The average Bonchev–Trinajstić information content (AvgIpc) is 3.21. The highest BCUT2D eigenvalue weighted by atomic mass is 35.5. The highest BCUT2D eigenvalue weighted by molar-refractivity contribution is 8.03. The summed E-state index contributed by atoms with van der Waals surface area (Å²) in [4.78, 5) is 12.0. The number of aliphatic carboxylic acids is 1. The molecule has 0 atom stereocenters.